The van der Waals surface area contributed by atoms with E-state index in [0.717, 1.165) is 22.4 Å². The monoisotopic (exact) mass is 341 g/mol. The number of pyridine rings is 1. The summed E-state index contributed by atoms with van der Waals surface area (Å²) in [5.74, 6) is 0.114. The quantitative estimate of drug-likeness (QED) is 0.501. The van der Waals surface area contributed by atoms with Gasteiger partial charge in [0.25, 0.3) is 0 Å². The van der Waals surface area contributed by atoms with E-state index in [1.54, 1.807) is 6.20 Å². The fourth-order valence-corrected chi connectivity index (χ4v) is 3.10. The van der Waals surface area contributed by atoms with Gasteiger partial charge in [-0.05, 0) is 61.4 Å². The van der Waals surface area contributed by atoms with Crippen molar-refractivity contribution in [1.82, 2.24) is 14.5 Å². The van der Waals surface area contributed by atoms with Gasteiger partial charge in [0, 0.05) is 29.6 Å². The molecule has 0 spiro atoms. The molecule has 2 aromatic heterocycles. The van der Waals surface area contributed by atoms with Crippen LogP contribution in [0.2, 0.25) is 0 Å². The minimum Gasteiger partial charge on any atom is -0.299 e. The van der Waals surface area contributed by atoms with E-state index in [1.807, 2.05) is 53.4 Å². The minimum absolute atomic E-state index is 0.114. The summed E-state index contributed by atoms with van der Waals surface area (Å²) in [6, 6.07) is 19.8. The van der Waals surface area contributed by atoms with Gasteiger partial charge < -0.3 is 0 Å². The van der Waals surface area contributed by atoms with Crippen LogP contribution in [0.15, 0.2) is 73.2 Å². The Morgan fingerprint density at radius 2 is 1.92 bits per heavy atom. The van der Waals surface area contributed by atoms with Crippen LogP contribution in [0.3, 0.4) is 0 Å². The molecule has 0 aliphatic carbocycles. The highest BCUT2D eigenvalue weighted by Gasteiger charge is 2.11. The fraction of sp³-hybridized carbons (Fsp3) is 0.136. The molecule has 0 saturated carbocycles. The van der Waals surface area contributed by atoms with Crippen molar-refractivity contribution in [2.75, 3.05) is 0 Å². The van der Waals surface area contributed by atoms with E-state index < -0.39 is 0 Å². The maximum absolute atomic E-state index is 12.5. The molecule has 0 radical (unpaired) electrons. The summed E-state index contributed by atoms with van der Waals surface area (Å²) < 4.78 is 2.05. The Bertz CT molecular complexity index is 1070. The van der Waals surface area contributed by atoms with Crippen molar-refractivity contribution < 1.29 is 4.79 Å². The van der Waals surface area contributed by atoms with Gasteiger partial charge in [-0.2, -0.15) is 0 Å². The highest BCUT2D eigenvalue weighted by Crippen LogP contribution is 2.21. The van der Waals surface area contributed by atoms with Crippen molar-refractivity contribution >= 4 is 16.8 Å². The van der Waals surface area contributed by atoms with Crippen molar-refractivity contribution in [1.29, 1.82) is 0 Å². The van der Waals surface area contributed by atoms with Gasteiger partial charge in [0.1, 0.15) is 6.33 Å². The van der Waals surface area contributed by atoms with Gasteiger partial charge >= 0.3 is 0 Å². The molecule has 4 heteroatoms. The zero-order valence-electron chi connectivity index (χ0n) is 14.6. The van der Waals surface area contributed by atoms with Gasteiger partial charge in [0.15, 0.2) is 5.78 Å². The van der Waals surface area contributed by atoms with Gasteiger partial charge in [0.05, 0.1) is 11.0 Å². The maximum Gasteiger partial charge on any atom is 0.163 e. The summed E-state index contributed by atoms with van der Waals surface area (Å²) >= 11 is 0. The summed E-state index contributed by atoms with van der Waals surface area (Å²) in [7, 11) is 0. The SMILES string of the molecule is Cc1cccc(-n2cnc3cc(C(=O)CCc4ccccn4)ccc32)c1. The van der Waals surface area contributed by atoms with Gasteiger partial charge in [-0.1, -0.05) is 18.2 Å². The molecule has 0 aliphatic heterocycles. The predicted molar refractivity (Wildman–Crippen MR) is 103 cm³/mol. The number of aryl methyl sites for hydroxylation is 2. The van der Waals surface area contributed by atoms with Crippen molar-refractivity contribution in [3.8, 4) is 5.69 Å². The van der Waals surface area contributed by atoms with E-state index in [0.29, 0.717) is 18.4 Å². The number of rotatable bonds is 5. The largest absolute Gasteiger partial charge is 0.299 e. The molecule has 0 fully saturated rings. The lowest BCUT2D eigenvalue weighted by atomic mass is 10.0. The normalized spacial score (nSPS) is 11.0. The first kappa shape index (κ1) is 16.2. The third-order valence-corrected chi connectivity index (χ3v) is 4.48. The molecule has 128 valence electrons. The topological polar surface area (TPSA) is 47.8 Å². The fourth-order valence-electron chi connectivity index (χ4n) is 3.10. The lowest BCUT2D eigenvalue weighted by Gasteiger charge is -2.06. The van der Waals surface area contributed by atoms with E-state index in [9.17, 15) is 4.79 Å². The van der Waals surface area contributed by atoms with Gasteiger partial charge in [-0.15, -0.1) is 0 Å². The number of fused-ring (bicyclic) bond motifs is 1. The second-order valence-electron chi connectivity index (χ2n) is 6.40. The third-order valence-electron chi connectivity index (χ3n) is 4.48. The molecular formula is C22H19N3O. The number of hydrogen-bond acceptors (Lipinski definition) is 3. The van der Waals surface area contributed by atoms with E-state index in [-0.39, 0.29) is 5.78 Å². The third kappa shape index (κ3) is 3.26. The number of nitrogens with zero attached hydrogens (tertiary/aromatic N) is 3. The highest BCUT2D eigenvalue weighted by atomic mass is 16.1. The summed E-state index contributed by atoms with van der Waals surface area (Å²) in [4.78, 5) is 21.3. The second kappa shape index (κ2) is 6.92. The molecule has 2 heterocycles. The molecule has 4 rings (SSSR count). The summed E-state index contributed by atoms with van der Waals surface area (Å²) in [5.41, 5.74) is 5.73. The van der Waals surface area contributed by atoms with E-state index >= 15 is 0 Å². The molecule has 26 heavy (non-hydrogen) atoms. The Labute approximate surface area is 152 Å². The maximum atomic E-state index is 12.5. The Kier molecular flexibility index (Phi) is 4.32. The van der Waals surface area contributed by atoms with Crippen LogP contribution in [0.1, 0.15) is 28.0 Å². The molecule has 2 aromatic carbocycles. The molecule has 0 amide bonds. The molecule has 0 N–H and O–H groups in total. The van der Waals surface area contributed by atoms with Crippen LogP contribution < -0.4 is 0 Å². The molecule has 0 bridgehead atoms. The number of hydrogen-bond donors (Lipinski definition) is 0. The lowest BCUT2D eigenvalue weighted by Crippen LogP contribution is -2.02. The Morgan fingerprint density at radius 3 is 2.73 bits per heavy atom. The zero-order chi connectivity index (χ0) is 17.9. The first-order valence-corrected chi connectivity index (χ1v) is 8.68. The van der Waals surface area contributed by atoms with Crippen LogP contribution in [0.5, 0.6) is 0 Å². The van der Waals surface area contributed by atoms with E-state index in [4.69, 9.17) is 0 Å². The molecular weight excluding hydrogens is 322 g/mol. The molecule has 4 aromatic rings. The Morgan fingerprint density at radius 1 is 1.00 bits per heavy atom. The predicted octanol–water partition coefficient (Wildman–Crippen LogP) is 4.54. The van der Waals surface area contributed by atoms with Crippen molar-refractivity contribution in [3.05, 3.63) is 90.0 Å². The molecule has 0 aliphatic rings. The average Bonchev–Trinajstić information content (AvgIpc) is 3.10. The second-order valence-corrected chi connectivity index (χ2v) is 6.40. The van der Waals surface area contributed by atoms with Gasteiger partial charge in [0.2, 0.25) is 0 Å². The standard InChI is InChI=1S/C22H19N3O/c1-16-5-4-7-19(13-16)25-15-24-20-14-17(8-10-21(20)25)22(26)11-9-18-6-2-3-12-23-18/h2-8,10,12-15H,9,11H2,1H3. The van der Waals surface area contributed by atoms with Gasteiger partial charge in [-0.3, -0.25) is 14.3 Å². The van der Waals surface area contributed by atoms with E-state index in [1.165, 1.54) is 5.56 Å². The van der Waals surface area contributed by atoms with Crippen LogP contribution in [0, 0.1) is 6.92 Å². The Balaban J connectivity index is 1.57. The number of benzene rings is 2. The first-order chi connectivity index (χ1) is 12.7. The van der Waals surface area contributed by atoms with Crippen molar-refractivity contribution in [2.45, 2.75) is 19.8 Å². The van der Waals surface area contributed by atoms with Crippen molar-refractivity contribution in [2.24, 2.45) is 0 Å². The summed E-state index contributed by atoms with van der Waals surface area (Å²) in [6.45, 7) is 2.07. The van der Waals surface area contributed by atoms with Crippen LogP contribution in [-0.4, -0.2) is 20.3 Å². The van der Waals surface area contributed by atoms with Crippen LogP contribution >= 0.6 is 0 Å². The molecule has 0 atom stereocenters. The molecule has 0 unspecified atom stereocenters. The van der Waals surface area contributed by atoms with Crippen LogP contribution in [-0.2, 0) is 6.42 Å². The molecule has 0 saturated heterocycles. The van der Waals surface area contributed by atoms with Crippen LogP contribution in [0.25, 0.3) is 16.7 Å². The minimum atomic E-state index is 0.114. The highest BCUT2D eigenvalue weighted by molar-refractivity contribution is 5.99. The number of carbonyl (C=O) groups is 1. The lowest BCUT2D eigenvalue weighted by molar-refractivity contribution is 0.0982. The number of carbonyl (C=O) groups excluding carboxylic acids is 1. The average molecular weight is 341 g/mol. The summed E-state index contributed by atoms with van der Waals surface area (Å²) in [5, 5.41) is 0. The van der Waals surface area contributed by atoms with Crippen molar-refractivity contribution in [3.63, 3.8) is 0 Å². The number of ketones is 1. The van der Waals surface area contributed by atoms with Gasteiger partial charge in [-0.25, -0.2) is 4.98 Å². The Hall–Kier alpha value is -3.27. The first-order valence-electron chi connectivity index (χ1n) is 8.68. The summed E-state index contributed by atoms with van der Waals surface area (Å²) in [6.07, 6.45) is 4.65. The smallest absolute Gasteiger partial charge is 0.163 e. The number of Topliss-reactive ketones (excluding diaryl/α,β-unsaturated/α-hetero) is 1. The molecule has 4 nitrogen and oxygen atoms in total. The van der Waals surface area contributed by atoms with E-state index in [2.05, 4.69) is 35.1 Å². The zero-order valence-corrected chi connectivity index (χ0v) is 14.6. The van der Waals surface area contributed by atoms with Crippen LogP contribution in [0.4, 0.5) is 0 Å². The number of imidazole rings is 1. The number of aromatic nitrogens is 3.